The standard InChI is InChI=1S/C36H34ClN7O7/c1-36(2,3)51-35(47)44(29(32(39)45)15-23-18-40-19-41-23)24-8-5-7-21(13-24)26-16-28(25-11-10-22(37)14-31(25)50-20-48-4)42-33(27(26)17-38)43-34(46)30-9-6-12-49-30/h5-14,16,18-19,29H,15,20H2,1-4H3,(H2,39,45)(H,40,41)(H,42,43,46)/t29-/m1/s1. The maximum absolute atomic E-state index is 13.8. The highest BCUT2D eigenvalue weighted by atomic mass is 35.5. The molecule has 15 heteroatoms. The number of aromatic amines is 1. The number of methoxy groups -OCH3 is 1. The maximum Gasteiger partial charge on any atom is 0.415 e. The molecule has 3 heterocycles. The summed E-state index contributed by atoms with van der Waals surface area (Å²) in [6.45, 7) is 5.00. The second-order valence-electron chi connectivity index (χ2n) is 12.1. The van der Waals surface area contributed by atoms with E-state index in [9.17, 15) is 19.6 Å². The van der Waals surface area contributed by atoms with Crippen LogP contribution in [0.4, 0.5) is 16.3 Å². The highest BCUT2D eigenvalue weighted by molar-refractivity contribution is 6.30. The number of pyridine rings is 1. The van der Waals surface area contributed by atoms with Gasteiger partial charge in [0.25, 0.3) is 5.91 Å². The third-order valence-corrected chi connectivity index (χ3v) is 7.52. The molecule has 0 radical (unpaired) electrons. The first-order valence-electron chi connectivity index (χ1n) is 15.5. The van der Waals surface area contributed by atoms with E-state index in [-0.39, 0.29) is 36.0 Å². The number of benzene rings is 2. The fourth-order valence-corrected chi connectivity index (χ4v) is 5.27. The van der Waals surface area contributed by atoms with E-state index in [1.165, 1.54) is 25.8 Å². The van der Waals surface area contributed by atoms with Gasteiger partial charge in [0, 0.05) is 41.6 Å². The average molecular weight is 712 g/mol. The second kappa shape index (κ2) is 15.6. The minimum absolute atomic E-state index is 0.00378. The van der Waals surface area contributed by atoms with Crippen molar-refractivity contribution < 1.29 is 33.0 Å². The number of nitrogens with zero attached hydrogens (tertiary/aromatic N) is 4. The third kappa shape index (κ3) is 8.71. The molecule has 14 nitrogen and oxygen atoms in total. The number of amides is 3. The second-order valence-corrected chi connectivity index (χ2v) is 12.5. The zero-order valence-electron chi connectivity index (χ0n) is 28.1. The molecule has 5 aromatic rings. The van der Waals surface area contributed by atoms with E-state index in [0.717, 1.165) is 4.90 Å². The molecule has 0 aliphatic heterocycles. The summed E-state index contributed by atoms with van der Waals surface area (Å²) in [5.74, 6) is -1.21. The first kappa shape index (κ1) is 36.1. The molecule has 0 saturated carbocycles. The summed E-state index contributed by atoms with van der Waals surface area (Å²) in [4.78, 5) is 52.8. The van der Waals surface area contributed by atoms with Crippen molar-refractivity contribution in [3.63, 3.8) is 0 Å². The van der Waals surface area contributed by atoms with Crippen LogP contribution in [-0.2, 0) is 20.7 Å². The van der Waals surface area contributed by atoms with Gasteiger partial charge in [-0.05, 0) is 74.9 Å². The van der Waals surface area contributed by atoms with Crippen LogP contribution >= 0.6 is 11.6 Å². The van der Waals surface area contributed by atoms with Crippen LogP contribution in [0.5, 0.6) is 5.75 Å². The van der Waals surface area contributed by atoms with Crippen molar-refractivity contribution in [1.82, 2.24) is 15.0 Å². The van der Waals surface area contributed by atoms with Gasteiger partial charge < -0.3 is 34.7 Å². The van der Waals surface area contributed by atoms with Crippen molar-refractivity contribution in [2.75, 3.05) is 24.1 Å². The molecule has 0 aliphatic rings. The van der Waals surface area contributed by atoms with E-state index in [1.807, 2.05) is 0 Å². The number of primary amides is 1. The lowest BCUT2D eigenvalue weighted by molar-refractivity contribution is -0.119. The molecule has 1 atom stereocenters. The Morgan fingerprint density at radius 2 is 1.92 bits per heavy atom. The summed E-state index contributed by atoms with van der Waals surface area (Å²) < 4.78 is 21.9. The summed E-state index contributed by atoms with van der Waals surface area (Å²) in [7, 11) is 1.47. The summed E-state index contributed by atoms with van der Waals surface area (Å²) in [6.07, 6.45) is 3.54. The number of ether oxygens (including phenoxy) is 3. The minimum atomic E-state index is -1.21. The molecular formula is C36H34ClN7O7. The van der Waals surface area contributed by atoms with Crippen molar-refractivity contribution in [3.8, 4) is 34.2 Å². The zero-order chi connectivity index (χ0) is 36.7. The molecule has 2 aromatic carbocycles. The van der Waals surface area contributed by atoms with Gasteiger partial charge in [-0.3, -0.25) is 14.5 Å². The van der Waals surface area contributed by atoms with E-state index in [0.29, 0.717) is 38.9 Å². The first-order valence-corrected chi connectivity index (χ1v) is 15.9. The molecule has 262 valence electrons. The number of anilines is 2. The lowest BCUT2D eigenvalue weighted by Crippen LogP contribution is -2.51. The van der Waals surface area contributed by atoms with Crippen molar-refractivity contribution in [1.29, 1.82) is 5.26 Å². The third-order valence-electron chi connectivity index (χ3n) is 7.28. The smallest absolute Gasteiger partial charge is 0.415 e. The van der Waals surface area contributed by atoms with E-state index in [1.54, 1.807) is 81.6 Å². The van der Waals surface area contributed by atoms with Gasteiger partial charge >= 0.3 is 6.09 Å². The van der Waals surface area contributed by atoms with Crippen LogP contribution in [-0.4, -0.2) is 58.4 Å². The number of furan rings is 1. The topological polar surface area (TPSA) is 199 Å². The number of nitriles is 1. The van der Waals surface area contributed by atoms with Crippen LogP contribution in [0.2, 0.25) is 5.02 Å². The Balaban J connectivity index is 1.70. The Morgan fingerprint density at radius 1 is 1.12 bits per heavy atom. The molecule has 0 fully saturated rings. The van der Waals surface area contributed by atoms with Crippen molar-refractivity contribution >= 4 is 41.0 Å². The van der Waals surface area contributed by atoms with Crippen molar-refractivity contribution in [3.05, 3.63) is 101 Å². The van der Waals surface area contributed by atoms with Gasteiger partial charge in [-0.25, -0.2) is 14.8 Å². The SMILES string of the molecule is COCOc1cc(Cl)ccc1-c1cc(-c2cccc(N(C(=O)OC(C)(C)C)[C@H](Cc3c[nH]cn3)C(N)=O)c2)c(C#N)c(NC(=O)c2ccco2)n1. The van der Waals surface area contributed by atoms with Crippen molar-refractivity contribution in [2.45, 2.75) is 38.8 Å². The Labute approximate surface area is 298 Å². The minimum Gasteiger partial charge on any atom is -0.467 e. The number of halogens is 1. The number of carbonyl (C=O) groups is 3. The highest BCUT2D eigenvalue weighted by Crippen LogP contribution is 2.38. The highest BCUT2D eigenvalue weighted by Gasteiger charge is 2.34. The van der Waals surface area contributed by atoms with Crippen LogP contribution in [0.25, 0.3) is 22.4 Å². The molecule has 0 bridgehead atoms. The molecule has 5 rings (SSSR count). The van der Waals surface area contributed by atoms with E-state index in [4.69, 9.17) is 36.0 Å². The molecular weight excluding hydrogens is 678 g/mol. The van der Waals surface area contributed by atoms with E-state index >= 15 is 0 Å². The number of rotatable bonds is 12. The number of hydrogen-bond donors (Lipinski definition) is 3. The predicted octanol–water partition coefficient (Wildman–Crippen LogP) is 6.33. The Bertz CT molecular complexity index is 2070. The van der Waals surface area contributed by atoms with Gasteiger partial charge in [0.2, 0.25) is 5.91 Å². The summed E-state index contributed by atoms with van der Waals surface area (Å²) in [5, 5.41) is 13.6. The quantitative estimate of drug-likeness (QED) is 0.123. The van der Waals surface area contributed by atoms with Crippen LogP contribution in [0, 0.1) is 11.3 Å². The molecule has 0 unspecified atom stereocenters. The monoisotopic (exact) mass is 711 g/mol. The number of nitrogens with two attached hydrogens (primary N) is 1. The molecule has 0 saturated heterocycles. The molecule has 3 amide bonds. The van der Waals surface area contributed by atoms with E-state index in [2.05, 4.69) is 26.3 Å². The van der Waals surface area contributed by atoms with Crippen LogP contribution in [0.3, 0.4) is 0 Å². The number of hydrogen-bond acceptors (Lipinski definition) is 10. The number of carbonyl (C=O) groups excluding carboxylic acids is 3. The number of H-pyrrole nitrogens is 1. The Morgan fingerprint density at radius 3 is 2.57 bits per heavy atom. The van der Waals surface area contributed by atoms with Gasteiger partial charge in [0.15, 0.2) is 18.4 Å². The van der Waals surface area contributed by atoms with Gasteiger partial charge in [0.1, 0.15) is 29.0 Å². The van der Waals surface area contributed by atoms with Crippen LogP contribution < -0.4 is 20.7 Å². The van der Waals surface area contributed by atoms with Crippen molar-refractivity contribution in [2.24, 2.45) is 5.73 Å². The Hall–Kier alpha value is -6.17. The number of aromatic nitrogens is 3. The summed E-state index contributed by atoms with van der Waals surface area (Å²) >= 11 is 6.29. The fourth-order valence-electron chi connectivity index (χ4n) is 5.11. The molecule has 4 N–H and O–H groups in total. The van der Waals surface area contributed by atoms with Gasteiger partial charge in [-0.15, -0.1) is 0 Å². The fraction of sp³-hybridized carbons (Fsp3) is 0.222. The van der Waals surface area contributed by atoms with Gasteiger partial charge in [0.05, 0.1) is 24.0 Å². The molecule has 3 aromatic heterocycles. The zero-order valence-corrected chi connectivity index (χ0v) is 28.9. The normalized spacial score (nSPS) is 11.7. The lowest BCUT2D eigenvalue weighted by atomic mass is 9.97. The predicted molar refractivity (Wildman–Crippen MR) is 188 cm³/mol. The largest absolute Gasteiger partial charge is 0.467 e. The number of imidazole rings is 1. The summed E-state index contributed by atoms with van der Waals surface area (Å²) in [6, 6.07) is 17.1. The average Bonchev–Trinajstić information content (AvgIpc) is 3.81. The first-order chi connectivity index (χ1) is 24.4. The van der Waals surface area contributed by atoms with E-state index < -0.39 is 29.6 Å². The maximum atomic E-state index is 13.8. The van der Waals surface area contributed by atoms with Gasteiger partial charge in [-0.2, -0.15) is 5.26 Å². The Kier molecular flexibility index (Phi) is 11.0. The van der Waals surface area contributed by atoms with Crippen LogP contribution in [0.1, 0.15) is 42.6 Å². The summed E-state index contributed by atoms with van der Waals surface area (Å²) in [5.41, 5.74) is 7.19. The molecule has 51 heavy (non-hydrogen) atoms. The number of nitrogens with one attached hydrogen (secondary N) is 2. The van der Waals surface area contributed by atoms with Gasteiger partial charge in [-0.1, -0.05) is 23.7 Å². The lowest BCUT2D eigenvalue weighted by Gasteiger charge is -2.32. The molecule has 0 aliphatic carbocycles. The molecule has 0 spiro atoms. The van der Waals surface area contributed by atoms with Crippen LogP contribution in [0.15, 0.2) is 83.9 Å².